The van der Waals surface area contributed by atoms with Gasteiger partial charge >= 0.3 is 5.97 Å². The number of carboxylic acid groups (broad SMARTS) is 1. The fourth-order valence-corrected chi connectivity index (χ4v) is 2.67. The van der Waals surface area contributed by atoms with Gasteiger partial charge in [0.2, 0.25) is 5.91 Å². The van der Waals surface area contributed by atoms with E-state index in [4.69, 9.17) is 9.84 Å². The van der Waals surface area contributed by atoms with Crippen LogP contribution in [0.3, 0.4) is 0 Å². The fourth-order valence-electron chi connectivity index (χ4n) is 2.67. The van der Waals surface area contributed by atoms with E-state index in [0.717, 1.165) is 17.0 Å². The lowest BCUT2D eigenvalue weighted by Gasteiger charge is -2.35. The number of amides is 1. The summed E-state index contributed by atoms with van der Waals surface area (Å²) >= 11 is 0. The minimum Gasteiger partial charge on any atom is -0.481 e. The zero-order chi connectivity index (χ0) is 15.4. The lowest BCUT2D eigenvalue weighted by molar-refractivity contribution is -0.146. The average Bonchev–Trinajstić information content (AvgIpc) is 2.75. The highest BCUT2D eigenvalue weighted by atomic mass is 16.5. The second-order valence-corrected chi connectivity index (χ2v) is 5.33. The van der Waals surface area contributed by atoms with Crippen molar-refractivity contribution in [2.24, 2.45) is 0 Å². The number of ether oxygens (including phenoxy) is 1. The number of carbonyl (C=O) groups excluding carboxylic acids is 1. The number of aryl methyl sites for hydroxylation is 2. The molecule has 1 atom stereocenters. The summed E-state index contributed by atoms with van der Waals surface area (Å²) in [6.07, 6.45) is 0.900. The Hall–Kier alpha value is -1.89. The number of aromatic nitrogens is 2. The number of H-pyrrole nitrogens is 1. The maximum Gasteiger partial charge on any atom is 0.305 e. The third-order valence-corrected chi connectivity index (χ3v) is 3.83. The molecule has 0 radical (unpaired) electrons. The number of hydrogen-bond donors (Lipinski definition) is 2. The van der Waals surface area contributed by atoms with Crippen molar-refractivity contribution in [1.29, 1.82) is 0 Å². The molecule has 21 heavy (non-hydrogen) atoms. The standard InChI is InChI=1S/C14H21N3O4/c1-9-12(10(2)16-15-9)3-4-13(18)17-5-6-21-8-11(17)7-14(19)20/h11H,3-8H2,1-2H3,(H,15,16)(H,19,20)/t11-/m0/s1. The van der Waals surface area contributed by atoms with E-state index in [1.54, 1.807) is 4.90 Å². The lowest BCUT2D eigenvalue weighted by Crippen LogP contribution is -2.49. The number of rotatable bonds is 5. The van der Waals surface area contributed by atoms with Crippen LogP contribution in [-0.2, 0) is 20.7 Å². The first kappa shape index (κ1) is 15.5. The Morgan fingerprint density at radius 2 is 2.24 bits per heavy atom. The van der Waals surface area contributed by atoms with Crippen LogP contribution in [-0.4, -0.2) is 57.9 Å². The van der Waals surface area contributed by atoms with Gasteiger partial charge in [0.1, 0.15) is 0 Å². The van der Waals surface area contributed by atoms with Gasteiger partial charge in [0.05, 0.1) is 31.4 Å². The predicted octanol–water partition coefficient (Wildman–Crippen LogP) is 0.661. The summed E-state index contributed by atoms with van der Waals surface area (Å²) in [6, 6.07) is -0.365. The molecule has 1 amide bonds. The molecule has 0 saturated carbocycles. The van der Waals surface area contributed by atoms with Gasteiger partial charge in [-0.1, -0.05) is 0 Å². The van der Waals surface area contributed by atoms with E-state index < -0.39 is 5.97 Å². The molecule has 2 N–H and O–H groups in total. The van der Waals surface area contributed by atoms with Gasteiger partial charge in [-0.25, -0.2) is 0 Å². The zero-order valence-electron chi connectivity index (χ0n) is 12.4. The van der Waals surface area contributed by atoms with Crippen LogP contribution < -0.4 is 0 Å². The summed E-state index contributed by atoms with van der Waals surface area (Å²) in [5.74, 6) is -0.936. The SMILES string of the molecule is Cc1n[nH]c(C)c1CCC(=O)N1CCOC[C@@H]1CC(=O)O. The van der Waals surface area contributed by atoms with E-state index >= 15 is 0 Å². The van der Waals surface area contributed by atoms with Crippen molar-refractivity contribution in [1.82, 2.24) is 15.1 Å². The van der Waals surface area contributed by atoms with Gasteiger partial charge in [-0.3, -0.25) is 14.7 Å². The van der Waals surface area contributed by atoms with Crippen LogP contribution in [0.1, 0.15) is 29.8 Å². The fraction of sp³-hybridized carbons (Fsp3) is 0.643. The highest BCUT2D eigenvalue weighted by molar-refractivity contribution is 5.78. The van der Waals surface area contributed by atoms with Crippen LogP contribution in [0.5, 0.6) is 0 Å². The lowest BCUT2D eigenvalue weighted by atomic mass is 10.1. The minimum absolute atomic E-state index is 0.0236. The molecule has 2 rings (SSSR count). The van der Waals surface area contributed by atoms with Crippen molar-refractivity contribution in [2.45, 2.75) is 39.2 Å². The number of nitrogens with one attached hydrogen (secondary N) is 1. The van der Waals surface area contributed by atoms with E-state index in [9.17, 15) is 9.59 Å². The molecule has 0 unspecified atom stereocenters. The normalized spacial score (nSPS) is 18.8. The number of hydrogen-bond acceptors (Lipinski definition) is 4. The summed E-state index contributed by atoms with van der Waals surface area (Å²) in [7, 11) is 0. The number of aliphatic carboxylic acids is 1. The number of carbonyl (C=O) groups is 2. The van der Waals surface area contributed by atoms with E-state index in [1.807, 2.05) is 13.8 Å². The molecule has 0 aliphatic carbocycles. The van der Waals surface area contributed by atoms with Crippen molar-refractivity contribution in [3.05, 3.63) is 17.0 Å². The first-order chi connectivity index (χ1) is 9.99. The first-order valence-corrected chi connectivity index (χ1v) is 7.08. The third kappa shape index (κ3) is 3.81. The maximum absolute atomic E-state index is 12.4. The molecular weight excluding hydrogens is 274 g/mol. The molecule has 116 valence electrons. The van der Waals surface area contributed by atoms with Gasteiger partial charge in [0.25, 0.3) is 0 Å². The van der Waals surface area contributed by atoms with E-state index in [0.29, 0.717) is 32.6 Å². The van der Waals surface area contributed by atoms with Crippen LogP contribution in [0.4, 0.5) is 0 Å². The number of morpholine rings is 1. The van der Waals surface area contributed by atoms with Crippen molar-refractivity contribution >= 4 is 11.9 Å². The Balaban J connectivity index is 1.96. The second kappa shape index (κ2) is 6.71. The quantitative estimate of drug-likeness (QED) is 0.832. The smallest absolute Gasteiger partial charge is 0.305 e. The van der Waals surface area contributed by atoms with Crippen molar-refractivity contribution in [3.63, 3.8) is 0 Å². The molecule has 1 aliphatic heterocycles. The van der Waals surface area contributed by atoms with Gasteiger partial charge in [-0.2, -0.15) is 5.10 Å². The van der Waals surface area contributed by atoms with Crippen LogP contribution in [0, 0.1) is 13.8 Å². The molecule has 0 spiro atoms. The Morgan fingerprint density at radius 3 is 2.86 bits per heavy atom. The summed E-state index contributed by atoms with van der Waals surface area (Å²) in [4.78, 5) is 24.9. The third-order valence-electron chi connectivity index (χ3n) is 3.83. The number of aromatic amines is 1. The summed E-state index contributed by atoms with van der Waals surface area (Å²) in [6.45, 7) is 5.06. The Labute approximate surface area is 123 Å². The Morgan fingerprint density at radius 1 is 1.48 bits per heavy atom. The predicted molar refractivity (Wildman–Crippen MR) is 75.0 cm³/mol. The van der Waals surface area contributed by atoms with Crippen molar-refractivity contribution < 1.29 is 19.4 Å². The molecule has 0 aromatic carbocycles. The van der Waals surface area contributed by atoms with Crippen LogP contribution in [0.2, 0.25) is 0 Å². The molecule has 7 nitrogen and oxygen atoms in total. The van der Waals surface area contributed by atoms with E-state index in [2.05, 4.69) is 10.2 Å². The van der Waals surface area contributed by atoms with E-state index in [-0.39, 0.29) is 18.4 Å². The van der Waals surface area contributed by atoms with Gasteiger partial charge in [-0.05, 0) is 25.8 Å². The molecule has 2 heterocycles. The molecule has 0 bridgehead atoms. The monoisotopic (exact) mass is 295 g/mol. The van der Waals surface area contributed by atoms with Crippen LogP contribution in [0.25, 0.3) is 0 Å². The molecule has 1 saturated heterocycles. The Bertz CT molecular complexity index is 507. The highest BCUT2D eigenvalue weighted by Gasteiger charge is 2.28. The van der Waals surface area contributed by atoms with Crippen molar-refractivity contribution in [3.8, 4) is 0 Å². The van der Waals surface area contributed by atoms with Gasteiger partial charge in [0, 0.05) is 18.7 Å². The van der Waals surface area contributed by atoms with E-state index in [1.165, 1.54) is 0 Å². The van der Waals surface area contributed by atoms with Gasteiger partial charge in [-0.15, -0.1) is 0 Å². The molecule has 1 fully saturated rings. The molecule has 1 aromatic rings. The minimum atomic E-state index is -0.912. The largest absolute Gasteiger partial charge is 0.481 e. The van der Waals surface area contributed by atoms with Crippen LogP contribution in [0.15, 0.2) is 0 Å². The molecule has 1 aromatic heterocycles. The average molecular weight is 295 g/mol. The first-order valence-electron chi connectivity index (χ1n) is 7.08. The van der Waals surface area contributed by atoms with Crippen LogP contribution >= 0.6 is 0 Å². The maximum atomic E-state index is 12.4. The second-order valence-electron chi connectivity index (χ2n) is 5.33. The van der Waals surface area contributed by atoms with Gasteiger partial charge in [0.15, 0.2) is 0 Å². The number of nitrogens with zero attached hydrogens (tertiary/aromatic N) is 2. The Kier molecular flexibility index (Phi) is 4.95. The zero-order valence-corrected chi connectivity index (χ0v) is 12.4. The summed E-state index contributed by atoms with van der Waals surface area (Å²) in [5.41, 5.74) is 2.94. The molecule has 1 aliphatic rings. The summed E-state index contributed by atoms with van der Waals surface area (Å²) in [5, 5.41) is 15.9. The number of carboxylic acids is 1. The highest BCUT2D eigenvalue weighted by Crippen LogP contribution is 2.16. The molecular formula is C14H21N3O4. The van der Waals surface area contributed by atoms with Crippen molar-refractivity contribution in [2.75, 3.05) is 19.8 Å². The molecule has 7 heteroatoms. The van der Waals surface area contributed by atoms with Gasteiger partial charge < -0.3 is 14.7 Å². The topological polar surface area (TPSA) is 95.5 Å². The summed E-state index contributed by atoms with van der Waals surface area (Å²) < 4.78 is 5.28.